The smallest absolute Gasteiger partial charge is 0.0274 e. The maximum Gasteiger partial charge on any atom is 0.0274 e. The molecule has 12 heavy (non-hydrogen) atoms. The number of allylic oxidation sites excluding steroid dienone is 1. The Morgan fingerprint density at radius 2 is 2.17 bits per heavy atom. The molecule has 0 bridgehead atoms. The first-order valence-electron chi connectivity index (χ1n) is 4.13. The minimum Gasteiger partial charge on any atom is -0.265 e. The van der Waals surface area contributed by atoms with Crippen LogP contribution in [0.15, 0.2) is 30.6 Å². The Hall–Kier alpha value is -0.760. The molecule has 0 radical (unpaired) electrons. The first kappa shape index (κ1) is 7.87. The molecule has 0 N–H and O–H groups in total. The molecular weight excluding hydrogens is 166 g/mol. The molecule has 0 aromatic carbocycles. The number of hydrogen-bond acceptors (Lipinski definition) is 2. The molecule has 62 valence electrons. The minimum atomic E-state index is 0.744. The van der Waals surface area contributed by atoms with Gasteiger partial charge in [0.15, 0.2) is 0 Å². The predicted octanol–water partition coefficient (Wildman–Crippen LogP) is 2.95. The van der Waals surface area contributed by atoms with E-state index in [1.807, 2.05) is 24.2 Å². The van der Waals surface area contributed by atoms with Gasteiger partial charge >= 0.3 is 0 Å². The monoisotopic (exact) mass is 177 g/mol. The van der Waals surface area contributed by atoms with Crippen LogP contribution in [-0.4, -0.2) is 10.2 Å². The van der Waals surface area contributed by atoms with Gasteiger partial charge in [0.25, 0.3) is 0 Å². The van der Waals surface area contributed by atoms with Crippen molar-refractivity contribution in [1.82, 2.24) is 4.98 Å². The Morgan fingerprint density at radius 1 is 1.42 bits per heavy atom. The van der Waals surface area contributed by atoms with Crippen LogP contribution in [0.1, 0.15) is 18.9 Å². The lowest BCUT2D eigenvalue weighted by molar-refractivity contribution is 1.00. The quantitative estimate of drug-likeness (QED) is 0.654. The fraction of sp³-hybridized carbons (Fsp3) is 0.300. The van der Waals surface area contributed by atoms with Crippen molar-refractivity contribution in [2.75, 3.05) is 0 Å². The largest absolute Gasteiger partial charge is 0.265 e. The number of hydrogen-bond donors (Lipinski definition) is 0. The van der Waals surface area contributed by atoms with Crippen LogP contribution in [0.2, 0.25) is 0 Å². The van der Waals surface area contributed by atoms with Crippen molar-refractivity contribution in [2.45, 2.75) is 18.6 Å². The molecule has 1 aromatic heterocycles. The Morgan fingerprint density at radius 3 is 2.75 bits per heavy atom. The van der Waals surface area contributed by atoms with Gasteiger partial charge in [0, 0.05) is 22.5 Å². The maximum atomic E-state index is 4.00. The number of nitrogens with zero attached hydrogens (tertiary/aromatic N) is 1. The van der Waals surface area contributed by atoms with Crippen molar-refractivity contribution in [3.05, 3.63) is 36.2 Å². The Kier molecular flexibility index (Phi) is 2.17. The third-order valence-corrected chi connectivity index (χ3v) is 3.18. The second kappa shape index (κ2) is 3.31. The van der Waals surface area contributed by atoms with Crippen LogP contribution in [0.4, 0.5) is 0 Å². The summed E-state index contributed by atoms with van der Waals surface area (Å²) in [5.41, 5.74) is 1.30. The summed E-state index contributed by atoms with van der Waals surface area (Å²) in [5.74, 6) is 0. The van der Waals surface area contributed by atoms with Gasteiger partial charge < -0.3 is 0 Å². The van der Waals surface area contributed by atoms with Gasteiger partial charge in [0.2, 0.25) is 0 Å². The maximum absolute atomic E-state index is 4.00. The first-order chi connectivity index (χ1) is 5.86. The van der Waals surface area contributed by atoms with Crippen LogP contribution >= 0.6 is 11.8 Å². The highest BCUT2D eigenvalue weighted by Gasteiger charge is 2.13. The predicted molar refractivity (Wildman–Crippen MR) is 53.9 cm³/mol. The van der Waals surface area contributed by atoms with Gasteiger partial charge in [-0.3, -0.25) is 4.98 Å². The van der Waals surface area contributed by atoms with E-state index >= 15 is 0 Å². The normalized spacial score (nSPS) is 22.4. The van der Waals surface area contributed by atoms with E-state index < -0.39 is 0 Å². The van der Waals surface area contributed by atoms with Crippen molar-refractivity contribution in [3.63, 3.8) is 0 Å². The highest BCUT2D eigenvalue weighted by atomic mass is 32.2. The van der Waals surface area contributed by atoms with E-state index in [4.69, 9.17) is 0 Å². The second-order valence-electron chi connectivity index (χ2n) is 2.97. The number of aromatic nitrogens is 1. The molecule has 0 saturated carbocycles. The zero-order valence-corrected chi connectivity index (χ0v) is 7.84. The fourth-order valence-corrected chi connectivity index (χ4v) is 2.38. The van der Waals surface area contributed by atoms with E-state index in [2.05, 4.69) is 30.1 Å². The van der Waals surface area contributed by atoms with Gasteiger partial charge in [-0.15, -0.1) is 11.8 Å². The molecule has 0 fully saturated rings. The summed E-state index contributed by atoms with van der Waals surface area (Å²) < 4.78 is 0. The van der Waals surface area contributed by atoms with Gasteiger partial charge in [-0.25, -0.2) is 0 Å². The molecule has 1 aromatic rings. The topological polar surface area (TPSA) is 12.9 Å². The molecule has 1 nitrogen and oxygen atoms in total. The molecule has 2 heteroatoms. The molecule has 1 unspecified atom stereocenters. The Balaban J connectivity index is 2.22. The summed E-state index contributed by atoms with van der Waals surface area (Å²) in [6, 6.07) is 4.13. The molecule has 0 aliphatic carbocycles. The molecule has 0 saturated heterocycles. The average molecular weight is 177 g/mol. The Bertz CT molecular complexity index is 292. The molecule has 1 aliphatic heterocycles. The van der Waals surface area contributed by atoms with Gasteiger partial charge in [0.05, 0.1) is 0 Å². The minimum absolute atomic E-state index is 0.744. The molecule has 2 heterocycles. The summed E-state index contributed by atoms with van der Waals surface area (Å²) in [6.45, 7) is 2.26. The zero-order chi connectivity index (χ0) is 8.39. The summed E-state index contributed by atoms with van der Waals surface area (Å²) in [5, 5.41) is 0.744. The number of rotatable bonds is 1. The third-order valence-electron chi connectivity index (χ3n) is 1.93. The Labute approximate surface area is 76.9 Å². The molecular formula is C10H11NS. The molecule has 0 spiro atoms. The van der Waals surface area contributed by atoms with E-state index in [9.17, 15) is 0 Å². The van der Waals surface area contributed by atoms with Gasteiger partial charge in [0.1, 0.15) is 0 Å². The van der Waals surface area contributed by atoms with Crippen molar-refractivity contribution in [2.24, 2.45) is 0 Å². The van der Waals surface area contributed by atoms with E-state index in [1.165, 1.54) is 16.9 Å². The zero-order valence-electron chi connectivity index (χ0n) is 7.03. The summed E-state index contributed by atoms with van der Waals surface area (Å²) in [6.07, 6.45) is 7.20. The second-order valence-corrected chi connectivity index (χ2v) is 4.45. The molecule has 0 amide bonds. The van der Waals surface area contributed by atoms with Crippen LogP contribution in [-0.2, 0) is 0 Å². The first-order valence-corrected chi connectivity index (χ1v) is 5.01. The SMILES string of the molecule is CC1CC=C(c2ccncc2)S1. The van der Waals surface area contributed by atoms with Gasteiger partial charge in [-0.1, -0.05) is 13.0 Å². The average Bonchev–Trinajstić information content (AvgIpc) is 2.54. The van der Waals surface area contributed by atoms with Crippen molar-refractivity contribution >= 4 is 16.7 Å². The van der Waals surface area contributed by atoms with Gasteiger partial charge in [-0.2, -0.15) is 0 Å². The van der Waals surface area contributed by atoms with E-state index in [-0.39, 0.29) is 0 Å². The van der Waals surface area contributed by atoms with E-state index in [0.717, 1.165) is 5.25 Å². The molecule has 1 aliphatic rings. The van der Waals surface area contributed by atoms with Crippen LogP contribution < -0.4 is 0 Å². The van der Waals surface area contributed by atoms with Crippen molar-refractivity contribution in [1.29, 1.82) is 0 Å². The van der Waals surface area contributed by atoms with Crippen LogP contribution in [0.5, 0.6) is 0 Å². The van der Waals surface area contributed by atoms with Crippen molar-refractivity contribution in [3.8, 4) is 0 Å². The lowest BCUT2D eigenvalue weighted by atomic mass is 10.2. The van der Waals surface area contributed by atoms with E-state index in [0.29, 0.717) is 0 Å². The summed E-state index contributed by atoms with van der Waals surface area (Å²) in [7, 11) is 0. The highest BCUT2D eigenvalue weighted by Crippen LogP contribution is 2.38. The number of thioether (sulfide) groups is 1. The fourth-order valence-electron chi connectivity index (χ4n) is 1.29. The summed E-state index contributed by atoms with van der Waals surface area (Å²) in [4.78, 5) is 5.41. The van der Waals surface area contributed by atoms with Crippen LogP contribution in [0, 0.1) is 0 Å². The lowest BCUT2D eigenvalue weighted by Gasteiger charge is -2.02. The highest BCUT2D eigenvalue weighted by molar-refractivity contribution is 8.09. The molecule has 2 rings (SSSR count). The lowest BCUT2D eigenvalue weighted by Crippen LogP contribution is -1.84. The van der Waals surface area contributed by atoms with E-state index in [1.54, 1.807) is 0 Å². The van der Waals surface area contributed by atoms with Crippen LogP contribution in [0.25, 0.3) is 4.91 Å². The van der Waals surface area contributed by atoms with Crippen LogP contribution in [0.3, 0.4) is 0 Å². The standard InChI is InChI=1S/C10H11NS/c1-8-2-3-10(12-8)9-4-6-11-7-5-9/h3-8H,2H2,1H3. The number of pyridine rings is 1. The van der Waals surface area contributed by atoms with Crippen molar-refractivity contribution < 1.29 is 0 Å². The summed E-state index contributed by atoms with van der Waals surface area (Å²) >= 11 is 1.95. The molecule has 1 atom stereocenters. The van der Waals surface area contributed by atoms with Gasteiger partial charge in [-0.05, 0) is 24.1 Å². The third kappa shape index (κ3) is 1.53.